The van der Waals surface area contributed by atoms with Gasteiger partial charge in [0.25, 0.3) is 0 Å². The van der Waals surface area contributed by atoms with Gasteiger partial charge in [-0.2, -0.15) is 4.31 Å². The van der Waals surface area contributed by atoms with E-state index in [1.165, 1.54) is 20.7 Å². The molecule has 10 heteroatoms. The van der Waals surface area contributed by atoms with Crippen LogP contribution >= 0.6 is 0 Å². The molecule has 2 aromatic rings. The van der Waals surface area contributed by atoms with Gasteiger partial charge < -0.3 is 5.32 Å². The van der Waals surface area contributed by atoms with Crippen LogP contribution in [0.4, 0.5) is 5.69 Å². The van der Waals surface area contributed by atoms with Gasteiger partial charge in [0.15, 0.2) is 0 Å². The van der Waals surface area contributed by atoms with Gasteiger partial charge in [0.05, 0.1) is 16.6 Å². The number of aryl methyl sites for hydroxylation is 1. The molecule has 0 aliphatic carbocycles. The molecule has 0 saturated carbocycles. The minimum absolute atomic E-state index is 0.0587. The second-order valence-corrected chi connectivity index (χ2v) is 13.3. The molecule has 2 heterocycles. The van der Waals surface area contributed by atoms with E-state index < -0.39 is 26.0 Å². The van der Waals surface area contributed by atoms with Gasteiger partial charge in [-0.05, 0) is 68.4 Å². The first-order chi connectivity index (χ1) is 16.8. The molecule has 8 nitrogen and oxygen atoms in total. The summed E-state index contributed by atoms with van der Waals surface area (Å²) < 4.78 is 54.0. The first-order valence-corrected chi connectivity index (χ1v) is 15.2. The van der Waals surface area contributed by atoms with Crippen molar-refractivity contribution in [2.24, 2.45) is 5.92 Å². The third kappa shape index (κ3) is 6.49. The number of hydrogen-bond acceptors (Lipinski definition) is 5. The van der Waals surface area contributed by atoms with E-state index in [9.17, 15) is 21.6 Å². The predicted octanol–water partition coefficient (Wildman–Crippen LogP) is 3.08. The van der Waals surface area contributed by atoms with Crippen LogP contribution in [0.1, 0.15) is 37.7 Å². The third-order valence-corrected chi connectivity index (χ3v) is 10.5. The summed E-state index contributed by atoms with van der Waals surface area (Å²) in [7, 11) is -6.95. The van der Waals surface area contributed by atoms with Crippen molar-refractivity contribution in [1.82, 2.24) is 8.61 Å². The van der Waals surface area contributed by atoms with Crippen molar-refractivity contribution in [2.75, 3.05) is 37.2 Å². The van der Waals surface area contributed by atoms with Crippen LogP contribution in [0.2, 0.25) is 0 Å². The number of anilines is 1. The number of nitrogens with one attached hydrogen (secondary N) is 1. The van der Waals surface area contributed by atoms with Crippen LogP contribution in [0.5, 0.6) is 0 Å². The molecule has 0 unspecified atom stereocenters. The summed E-state index contributed by atoms with van der Waals surface area (Å²) >= 11 is 0. The molecule has 2 saturated heterocycles. The molecule has 0 spiro atoms. The lowest BCUT2D eigenvalue weighted by molar-refractivity contribution is -0.120. The first kappa shape index (κ1) is 25.8. The monoisotopic (exact) mass is 519 g/mol. The molecule has 35 heavy (non-hydrogen) atoms. The molecule has 190 valence electrons. The fourth-order valence-corrected chi connectivity index (χ4v) is 7.77. The van der Waals surface area contributed by atoms with Gasteiger partial charge in [-0.3, -0.25) is 4.79 Å². The third-order valence-electron chi connectivity index (χ3n) is 6.68. The zero-order valence-electron chi connectivity index (χ0n) is 19.8. The second-order valence-electron chi connectivity index (χ2n) is 9.23. The van der Waals surface area contributed by atoms with Crippen LogP contribution in [0, 0.1) is 5.92 Å². The van der Waals surface area contributed by atoms with Gasteiger partial charge in [-0.1, -0.05) is 30.3 Å². The predicted molar refractivity (Wildman–Crippen MR) is 136 cm³/mol. The molecule has 1 atom stereocenters. The van der Waals surface area contributed by atoms with Gasteiger partial charge in [0.2, 0.25) is 26.0 Å². The van der Waals surface area contributed by atoms with Crippen LogP contribution in [0.3, 0.4) is 0 Å². The summed E-state index contributed by atoms with van der Waals surface area (Å²) in [5.41, 5.74) is 1.61. The van der Waals surface area contributed by atoms with Crippen molar-refractivity contribution in [1.29, 1.82) is 0 Å². The van der Waals surface area contributed by atoms with Crippen molar-refractivity contribution in [3.05, 3.63) is 60.2 Å². The Hall–Kier alpha value is -2.27. The molecule has 0 radical (unpaired) electrons. The summed E-state index contributed by atoms with van der Waals surface area (Å²) in [6.45, 7) is 1.67. The topological polar surface area (TPSA) is 104 Å². The minimum Gasteiger partial charge on any atom is -0.326 e. The fraction of sp³-hybridized carbons (Fsp3) is 0.480. The highest BCUT2D eigenvalue weighted by atomic mass is 32.2. The van der Waals surface area contributed by atoms with E-state index in [4.69, 9.17) is 0 Å². The van der Waals surface area contributed by atoms with Crippen LogP contribution in [-0.4, -0.2) is 63.3 Å². The Labute approximate surface area is 208 Å². The van der Waals surface area contributed by atoms with E-state index in [0.29, 0.717) is 51.0 Å². The Morgan fingerprint density at radius 1 is 0.857 bits per heavy atom. The lowest BCUT2D eigenvalue weighted by Crippen LogP contribution is -2.44. The summed E-state index contributed by atoms with van der Waals surface area (Å²) in [6.07, 6.45) is 4.21. The number of amides is 1. The SMILES string of the molecule is O=C(Nc1ccc(S(=O)(=O)N2CCCC2)cc1)[C@@H]1CCCN(S(=O)(=O)CCCc2ccccc2)C1. The fourth-order valence-electron chi connectivity index (χ4n) is 4.67. The Kier molecular flexibility index (Phi) is 8.26. The van der Waals surface area contributed by atoms with E-state index >= 15 is 0 Å². The van der Waals surface area contributed by atoms with Crippen LogP contribution in [0.25, 0.3) is 0 Å². The minimum atomic E-state index is -3.51. The average Bonchev–Trinajstić information content (AvgIpc) is 3.41. The number of sulfonamides is 2. The molecular weight excluding hydrogens is 486 g/mol. The molecule has 2 fully saturated rings. The highest BCUT2D eigenvalue weighted by molar-refractivity contribution is 7.89. The number of rotatable bonds is 9. The second kappa shape index (κ2) is 11.2. The number of hydrogen-bond donors (Lipinski definition) is 1. The van der Waals surface area contributed by atoms with Crippen LogP contribution in [-0.2, 0) is 31.3 Å². The lowest BCUT2D eigenvalue weighted by atomic mass is 9.99. The normalized spacial score (nSPS) is 20.1. The van der Waals surface area contributed by atoms with Crippen molar-refractivity contribution >= 4 is 31.6 Å². The smallest absolute Gasteiger partial charge is 0.243 e. The standard InChI is InChI=1S/C25H33N3O5S2/c29-25(26-23-12-14-24(15-13-23)35(32,33)27-16-4-5-17-27)22-11-6-18-28(20-22)34(30,31)19-7-10-21-8-2-1-3-9-21/h1-3,8-9,12-15,22H,4-7,10-11,16-20H2,(H,26,29)/t22-/m1/s1. The van der Waals surface area contributed by atoms with E-state index in [2.05, 4.69) is 5.32 Å². The van der Waals surface area contributed by atoms with E-state index in [1.807, 2.05) is 30.3 Å². The maximum Gasteiger partial charge on any atom is 0.243 e. The Morgan fingerprint density at radius 2 is 1.51 bits per heavy atom. The molecule has 4 rings (SSSR count). The van der Waals surface area contributed by atoms with Crippen LogP contribution < -0.4 is 5.32 Å². The van der Waals surface area contributed by atoms with Crippen molar-refractivity contribution in [3.63, 3.8) is 0 Å². The zero-order chi connectivity index (χ0) is 24.9. The Bertz CT molecular complexity index is 1210. The van der Waals surface area contributed by atoms with E-state index in [-0.39, 0.29) is 23.1 Å². The van der Waals surface area contributed by atoms with Crippen LogP contribution in [0.15, 0.2) is 59.5 Å². The Balaban J connectivity index is 1.31. The Morgan fingerprint density at radius 3 is 2.20 bits per heavy atom. The molecule has 1 N–H and O–H groups in total. The number of piperidine rings is 1. The number of carbonyl (C=O) groups excluding carboxylic acids is 1. The number of carbonyl (C=O) groups is 1. The quantitative estimate of drug-likeness (QED) is 0.548. The first-order valence-electron chi connectivity index (χ1n) is 12.2. The van der Waals surface area contributed by atoms with E-state index in [0.717, 1.165) is 18.4 Å². The van der Waals surface area contributed by atoms with E-state index in [1.54, 1.807) is 12.1 Å². The summed E-state index contributed by atoms with van der Waals surface area (Å²) in [4.78, 5) is 13.1. The van der Waals surface area contributed by atoms with Crippen molar-refractivity contribution in [2.45, 2.75) is 43.4 Å². The van der Waals surface area contributed by atoms with Gasteiger partial charge in [0, 0.05) is 31.9 Å². The molecule has 1 amide bonds. The number of benzene rings is 2. The summed E-state index contributed by atoms with van der Waals surface area (Å²) in [6, 6.07) is 16.0. The molecule has 0 aromatic heterocycles. The highest BCUT2D eigenvalue weighted by Gasteiger charge is 2.32. The van der Waals surface area contributed by atoms with Crippen molar-refractivity contribution < 1.29 is 21.6 Å². The average molecular weight is 520 g/mol. The lowest BCUT2D eigenvalue weighted by Gasteiger charge is -2.31. The number of nitrogens with zero attached hydrogens (tertiary/aromatic N) is 2. The maximum absolute atomic E-state index is 12.9. The maximum atomic E-state index is 12.9. The largest absolute Gasteiger partial charge is 0.326 e. The molecule has 2 aromatic carbocycles. The molecule has 2 aliphatic heterocycles. The molecule has 0 bridgehead atoms. The van der Waals surface area contributed by atoms with Gasteiger partial charge >= 0.3 is 0 Å². The van der Waals surface area contributed by atoms with Gasteiger partial charge in [-0.25, -0.2) is 21.1 Å². The van der Waals surface area contributed by atoms with Crippen molar-refractivity contribution in [3.8, 4) is 0 Å². The van der Waals surface area contributed by atoms with Gasteiger partial charge in [-0.15, -0.1) is 0 Å². The van der Waals surface area contributed by atoms with Gasteiger partial charge in [0.1, 0.15) is 0 Å². The zero-order valence-corrected chi connectivity index (χ0v) is 21.4. The summed E-state index contributed by atoms with van der Waals surface area (Å²) in [5, 5.41) is 2.83. The molecular formula is C25H33N3O5S2. The highest BCUT2D eigenvalue weighted by Crippen LogP contribution is 2.24. The molecule has 2 aliphatic rings. The summed E-state index contributed by atoms with van der Waals surface area (Å²) in [5.74, 6) is -0.631.